The number of halogens is 1. The van der Waals surface area contributed by atoms with Crippen molar-refractivity contribution in [3.05, 3.63) is 33.3 Å². The van der Waals surface area contributed by atoms with E-state index in [1.807, 2.05) is 0 Å². The van der Waals surface area contributed by atoms with Crippen molar-refractivity contribution in [3.63, 3.8) is 0 Å². The first-order valence-electron chi connectivity index (χ1n) is 6.42. The molecule has 104 valence electrons. The van der Waals surface area contributed by atoms with E-state index in [1.165, 1.54) is 12.1 Å². The fraction of sp³-hybridized carbons (Fsp3) is 0.538. The summed E-state index contributed by atoms with van der Waals surface area (Å²) in [5.74, 6) is 0.446. The highest BCUT2D eigenvalue weighted by Gasteiger charge is 2.20. The van der Waals surface area contributed by atoms with Crippen molar-refractivity contribution in [3.8, 4) is 0 Å². The van der Waals surface area contributed by atoms with Gasteiger partial charge >= 0.3 is 0 Å². The third-order valence-electron chi connectivity index (χ3n) is 3.55. The van der Waals surface area contributed by atoms with Crippen LogP contribution in [0.1, 0.15) is 25.7 Å². The first kappa shape index (κ1) is 14.1. The topological polar surface area (TPSA) is 75.4 Å². The Morgan fingerprint density at radius 1 is 1.37 bits per heavy atom. The minimum atomic E-state index is -0.413. The summed E-state index contributed by atoms with van der Waals surface area (Å²) in [6.45, 7) is 0.675. The van der Waals surface area contributed by atoms with E-state index in [2.05, 4.69) is 5.32 Å². The molecule has 0 spiro atoms. The molecular weight excluding hydrogens is 268 g/mol. The fourth-order valence-electron chi connectivity index (χ4n) is 2.41. The lowest BCUT2D eigenvalue weighted by Gasteiger charge is -2.25. The van der Waals surface area contributed by atoms with Crippen molar-refractivity contribution in [2.24, 2.45) is 5.92 Å². The molecule has 0 radical (unpaired) electrons. The van der Waals surface area contributed by atoms with Crippen LogP contribution in [0.25, 0.3) is 0 Å². The van der Waals surface area contributed by atoms with E-state index in [1.54, 1.807) is 6.07 Å². The van der Waals surface area contributed by atoms with Gasteiger partial charge in [-0.25, -0.2) is 0 Å². The van der Waals surface area contributed by atoms with Crippen molar-refractivity contribution in [2.75, 3.05) is 11.9 Å². The van der Waals surface area contributed by atoms with Gasteiger partial charge in [0.15, 0.2) is 0 Å². The van der Waals surface area contributed by atoms with Crippen LogP contribution in [0.5, 0.6) is 0 Å². The Hall–Kier alpha value is -1.33. The molecule has 1 aromatic carbocycles. The zero-order chi connectivity index (χ0) is 13.8. The van der Waals surface area contributed by atoms with Gasteiger partial charge in [0.25, 0.3) is 5.69 Å². The van der Waals surface area contributed by atoms with E-state index >= 15 is 0 Å². The highest BCUT2D eigenvalue weighted by molar-refractivity contribution is 6.31. The highest BCUT2D eigenvalue weighted by Crippen LogP contribution is 2.29. The van der Waals surface area contributed by atoms with E-state index < -0.39 is 4.92 Å². The molecule has 5 nitrogen and oxygen atoms in total. The summed E-state index contributed by atoms with van der Waals surface area (Å²) < 4.78 is 0. The molecule has 2 rings (SSSR count). The van der Waals surface area contributed by atoms with Crippen LogP contribution in [0, 0.1) is 16.0 Å². The summed E-state index contributed by atoms with van der Waals surface area (Å²) in [7, 11) is 0. The van der Waals surface area contributed by atoms with Gasteiger partial charge in [-0.15, -0.1) is 0 Å². The molecule has 0 amide bonds. The number of aliphatic hydroxyl groups excluding tert-OH is 1. The highest BCUT2D eigenvalue weighted by atomic mass is 35.5. The van der Waals surface area contributed by atoms with Crippen LogP contribution in [0.2, 0.25) is 5.02 Å². The van der Waals surface area contributed by atoms with Crippen LogP contribution in [-0.2, 0) is 0 Å². The van der Waals surface area contributed by atoms with Gasteiger partial charge in [0.05, 0.1) is 11.0 Å². The molecule has 0 aromatic heterocycles. The number of hydrogen-bond donors (Lipinski definition) is 2. The molecule has 1 fully saturated rings. The number of nitro benzene ring substituents is 1. The second-order valence-electron chi connectivity index (χ2n) is 4.97. The van der Waals surface area contributed by atoms with Crippen LogP contribution < -0.4 is 5.32 Å². The van der Waals surface area contributed by atoms with Gasteiger partial charge in [-0.1, -0.05) is 11.6 Å². The number of benzene rings is 1. The Kier molecular flexibility index (Phi) is 4.61. The lowest BCUT2D eigenvalue weighted by atomic mass is 9.87. The molecular formula is C13H17ClN2O3. The molecule has 0 heterocycles. The molecule has 0 saturated heterocycles. The van der Waals surface area contributed by atoms with Gasteiger partial charge in [0.1, 0.15) is 5.69 Å². The van der Waals surface area contributed by atoms with Gasteiger partial charge in [-0.3, -0.25) is 10.1 Å². The van der Waals surface area contributed by atoms with Crippen molar-refractivity contribution in [2.45, 2.75) is 31.8 Å². The van der Waals surface area contributed by atoms with Gasteiger partial charge in [-0.2, -0.15) is 0 Å². The molecule has 19 heavy (non-hydrogen) atoms. The van der Waals surface area contributed by atoms with Crippen molar-refractivity contribution < 1.29 is 10.0 Å². The third-order valence-corrected chi connectivity index (χ3v) is 3.79. The van der Waals surface area contributed by atoms with Crippen LogP contribution in [-0.4, -0.2) is 22.7 Å². The second kappa shape index (κ2) is 6.21. The van der Waals surface area contributed by atoms with Crippen LogP contribution in [0.3, 0.4) is 0 Å². The molecule has 6 heteroatoms. The number of hydrogen-bond acceptors (Lipinski definition) is 4. The summed E-state index contributed by atoms with van der Waals surface area (Å²) in [6.07, 6.45) is 3.33. The molecule has 0 bridgehead atoms. The predicted octanol–water partition coefficient (Wildman–Crippen LogP) is 3.21. The van der Waals surface area contributed by atoms with Gasteiger partial charge < -0.3 is 10.4 Å². The average Bonchev–Trinajstić information content (AvgIpc) is 2.38. The Labute approximate surface area is 116 Å². The lowest BCUT2D eigenvalue weighted by Crippen LogP contribution is -2.23. The monoisotopic (exact) mass is 284 g/mol. The Bertz CT molecular complexity index is 459. The van der Waals surface area contributed by atoms with E-state index in [4.69, 9.17) is 11.6 Å². The normalized spacial score (nSPS) is 23.1. The summed E-state index contributed by atoms with van der Waals surface area (Å²) in [5.41, 5.74) is 0.504. The number of nitro groups is 1. The van der Waals surface area contributed by atoms with Crippen molar-refractivity contribution in [1.29, 1.82) is 0 Å². The molecule has 0 atom stereocenters. The number of rotatable bonds is 4. The van der Waals surface area contributed by atoms with Crippen LogP contribution >= 0.6 is 11.6 Å². The molecule has 2 N–H and O–H groups in total. The largest absolute Gasteiger partial charge is 0.393 e. The van der Waals surface area contributed by atoms with Crippen molar-refractivity contribution >= 4 is 23.0 Å². The Morgan fingerprint density at radius 3 is 2.68 bits per heavy atom. The summed E-state index contributed by atoms with van der Waals surface area (Å²) >= 11 is 5.87. The fourth-order valence-corrected chi connectivity index (χ4v) is 2.58. The second-order valence-corrected chi connectivity index (χ2v) is 5.41. The number of nitrogens with one attached hydrogen (secondary N) is 1. The molecule has 1 aliphatic rings. The zero-order valence-electron chi connectivity index (χ0n) is 10.5. The SMILES string of the molecule is O=[N+]([O-])c1ccc(Cl)cc1NCC1CCC(O)CC1. The first-order valence-corrected chi connectivity index (χ1v) is 6.80. The maximum atomic E-state index is 10.9. The van der Waals surface area contributed by atoms with Crippen LogP contribution in [0.4, 0.5) is 11.4 Å². The van der Waals surface area contributed by atoms with E-state index in [-0.39, 0.29) is 11.8 Å². The average molecular weight is 285 g/mol. The minimum Gasteiger partial charge on any atom is -0.393 e. The van der Waals surface area contributed by atoms with E-state index in [0.717, 1.165) is 25.7 Å². The van der Waals surface area contributed by atoms with Crippen molar-refractivity contribution in [1.82, 2.24) is 0 Å². The van der Waals surface area contributed by atoms with Gasteiger partial charge in [0.2, 0.25) is 0 Å². The summed E-state index contributed by atoms with van der Waals surface area (Å²) in [6, 6.07) is 4.51. The smallest absolute Gasteiger partial charge is 0.292 e. The van der Waals surface area contributed by atoms with E-state index in [9.17, 15) is 15.2 Å². The standard InChI is InChI=1S/C13H17ClN2O3/c14-10-3-6-13(16(18)19)12(7-10)15-8-9-1-4-11(17)5-2-9/h3,6-7,9,11,15,17H,1-2,4-5,8H2. The molecule has 1 aromatic rings. The molecule has 1 saturated carbocycles. The number of nitrogens with zero attached hydrogens (tertiary/aromatic N) is 1. The lowest BCUT2D eigenvalue weighted by molar-refractivity contribution is -0.384. The predicted molar refractivity (Wildman–Crippen MR) is 74.6 cm³/mol. The number of anilines is 1. The zero-order valence-corrected chi connectivity index (χ0v) is 11.3. The van der Waals surface area contributed by atoms with Gasteiger partial charge in [-0.05, 0) is 43.7 Å². The quantitative estimate of drug-likeness (QED) is 0.657. The number of aliphatic hydroxyl groups is 1. The molecule has 1 aliphatic carbocycles. The maximum absolute atomic E-state index is 10.9. The Morgan fingerprint density at radius 2 is 2.05 bits per heavy atom. The first-order chi connectivity index (χ1) is 9.06. The third kappa shape index (κ3) is 3.81. The molecule has 0 aliphatic heterocycles. The summed E-state index contributed by atoms with van der Waals surface area (Å²) in [4.78, 5) is 10.5. The maximum Gasteiger partial charge on any atom is 0.292 e. The molecule has 0 unspecified atom stereocenters. The summed E-state index contributed by atoms with van der Waals surface area (Å²) in [5, 5.41) is 23.9. The minimum absolute atomic E-state index is 0.0419. The Balaban J connectivity index is 1.98. The van der Waals surface area contributed by atoms with Gasteiger partial charge in [0, 0.05) is 17.6 Å². The van der Waals surface area contributed by atoms with Crippen LogP contribution in [0.15, 0.2) is 18.2 Å². The van der Waals surface area contributed by atoms with E-state index in [0.29, 0.717) is 23.2 Å².